The van der Waals surface area contributed by atoms with Crippen LogP contribution in [0, 0.1) is 5.92 Å². The second-order valence-electron chi connectivity index (χ2n) is 5.69. The van der Waals surface area contributed by atoms with Crippen LogP contribution in [0.2, 0.25) is 0 Å². The van der Waals surface area contributed by atoms with Gasteiger partial charge in [-0.05, 0) is 38.4 Å². The van der Waals surface area contributed by atoms with Gasteiger partial charge in [0.1, 0.15) is 10.7 Å². The van der Waals surface area contributed by atoms with E-state index in [1.807, 2.05) is 19.0 Å². The number of carbonyl (C=O) groups excluding carboxylic acids is 1. The summed E-state index contributed by atoms with van der Waals surface area (Å²) < 4.78 is 0. The maximum Gasteiger partial charge on any atom is 0.265 e. The number of nitrogens with one attached hydrogen (secondary N) is 1. The number of rotatable bonds is 5. The van der Waals surface area contributed by atoms with E-state index in [2.05, 4.69) is 22.1 Å². The highest BCUT2D eigenvalue weighted by Gasteiger charge is 2.21. The van der Waals surface area contributed by atoms with Crippen molar-refractivity contribution in [2.24, 2.45) is 5.92 Å². The van der Waals surface area contributed by atoms with Gasteiger partial charge in [-0.25, -0.2) is 4.98 Å². The highest BCUT2D eigenvalue weighted by molar-refractivity contribution is 7.18. The zero-order valence-electron chi connectivity index (χ0n) is 13.1. The molecular formula is C14H25N5OS. The Balaban J connectivity index is 1.85. The molecule has 0 radical (unpaired) electrons. The van der Waals surface area contributed by atoms with Gasteiger partial charge in [0.2, 0.25) is 0 Å². The standard InChI is InChI=1S/C14H25N5OS/c1-4-19-7-5-10(6-8-19)9-16-13(20)11-12(15)17-14(21-11)18(2)3/h10H,4-9,15H2,1-3H3,(H,16,20). The number of anilines is 2. The predicted molar refractivity (Wildman–Crippen MR) is 88.0 cm³/mol. The average molecular weight is 311 g/mol. The zero-order chi connectivity index (χ0) is 15.4. The molecule has 0 spiro atoms. The Kier molecular flexibility index (Phi) is 5.41. The summed E-state index contributed by atoms with van der Waals surface area (Å²) in [6.45, 7) is 6.29. The van der Waals surface area contributed by atoms with Crippen LogP contribution in [0.1, 0.15) is 29.4 Å². The summed E-state index contributed by atoms with van der Waals surface area (Å²) in [6.07, 6.45) is 2.30. The number of hydrogen-bond donors (Lipinski definition) is 2. The van der Waals surface area contributed by atoms with Gasteiger partial charge in [0, 0.05) is 20.6 Å². The second kappa shape index (κ2) is 7.09. The van der Waals surface area contributed by atoms with Gasteiger partial charge in [-0.1, -0.05) is 18.3 Å². The third-order valence-corrected chi connectivity index (χ3v) is 5.17. The Bertz CT molecular complexity index is 480. The first-order valence-electron chi connectivity index (χ1n) is 7.45. The van der Waals surface area contributed by atoms with Crippen LogP contribution in [0.5, 0.6) is 0 Å². The van der Waals surface area contributed by atoms with Crippen LogP contribution in [0.25, 0.3) is 0 Å². The van der Waals surface area contributed by atoms with Crippen molar-refractivity contribution in [3.63, 3.8) is 0 Å². The Hall–Kier alpha value is -1.34. The molecule has 6 nitrogen and oxygen atoms in total. The quantitative estimate of drug-likeness (QED) is 0.856. The van der Waals surface area contributed by atoms with Crippen molar-refractivity contribution in [1.82, 2.24) is 15.2 Å². The molecule has 0 unspecified atom stereocenters. The van der Waals surface area contributed by atoms with Gasteiger partial charge in [0.25, 0.3) is 5.91 Å². The molecule has 2 heterocycles. The monoisotopic (exact) mass is 311 g/mol. The number of amides is 1. The van der Waals surface area contributed by atoms with Gasteiger partial charge in [-0.2, -0.15) is 0 Å². The molecule has 3 N–H and O–H groups in total. The average Bonchev–Trinajstić information content (AvgIpc) is 2.87. The fraction of sp³-hybridized carbons (Fsp3) is 0.714. The smallest absolute Gasteiger partial charge is 0.265 e. The summed E-state index contributed by atoms with van der Waals surface area (Å²) in [6, 6.07) is 0. The van der Waals surface area contributed by atoms with E-state index in [-0.39, 0.29) is 5.91 Å². The van der Waals surface area contributed by atoms with Gasteiger partial charge in [-0.15, -0.1) is 0 Å². The van der Waals surface area contributed by atoms with Crippen molar-refractivity contribution in [2.75, 3.05) is 50.9 Å². The van der Waals surface area contributed by atoms with Gasteiger partial charge in [-0.3, -0.25) is 4.79 Å². The number of nitrogens with zero attached hydrogens (tertiary/aromatic N) is 3. The third-order valence-electron chi connectivity index (χ3n) is 3.94. The van der Waals surface area contributed by atoms with E-state index >= 15 is 0 Å². The van der Waals surface area contributed by atoms with Gasteiger partial charge in [0.05, 0.1) is 0 Å². The lowest BCUT2D eigenvalue weighted by atomic mass is 9.97. The van der Waals surface area contributed by atoms with E-state index in [9.17, 15) is 4.79 Å². The summed E-state index contributed by atoms with van der Waals surface area (Å²) >= 11 is 1.34. The molecule has 0 aromatic carbocycles. The van der Waals surface area contributed by atoms with E-state index in [1.54, 1.807) is 0 Å². The molecule has 0 aliphatic carbocycles. The fourth-order valence-electron chi connectivity index (χ4n) is 2.50. The number of piperidine rings is 1. The summed E-state index contributed by atoms with van der Waals surface area (Å²) in [5.74, 6) is 0.789. The van der Waals surface area contributed by atoms with Crippen LogP contribution in [-0.4, -0.2) is 56.1 Å². The van der Waals surface area contributed by atoms with Crippen LogP contribution in [0.15, 0.2) is 0 Å². The molecule has 1 aromatic rings. The molecule has 1 aromatic heterocycles. The summed E-state index contributed by atoms with van der Waals surface area (Å²) in [7, 11) is 3.78. The lowest BCUT2D eigenvalue weighted by Gasteiger charge is -2.30. The molecular weight excluding hydrogens is 286 g/mol. The lowest BCUT2D eigenvalue weighted by molar-refractivity contribution is 0.0941. The molecule has 1 aliphatic heterocycles. The molecule has 7 heteroatoms. The number of nitrogens with two attached hydrogens (primary N) is 1. The number of carbonyl (C=O) groups is 1. The van der Waals surface area contributed by atoms with E-state index in [0.717, 1.165) is 44.2 Å². The van der Waals surface area contributed by atoms with Crippen molar-refractivity contribution >= 4 is 28.2 Å². The Morgan fingerprint density at radius 1 is 1.48 bits per heavy atom. The molecule has 1 fully saturated rings. The van der Waals surface area contributed by atoms with E-state index < -0.39 is 0 Å². The first-order valence-corrected chi connectivity index (χ1v) is 8.27. The van der Waals surface area contributed by atoms with Crippen LogP contribution < -0.4 is 16.0 Å². The van der Waals surface area contributed by atoms with Crippen molar-refractivity contribution in [3.05, 3.63) is 4.88 Å². The Morgan fingerprint density at radius 3 is 2.67 bits per heavy atom. The van der Waals surface area contributed by atoms with Crippen molar-refractivity contribution in [2.45, 2.75) is 19.8 Å². The molecule has 21 heavy (non-hydrogen) atoms. The number of thiazole rings is 1. The van der Waals surface area contributed by atoms with Gasteiger partial charge in [0.15, 0.2) is 5.13 Å². The van der Waals surface area contributed by atoms with Crippen LogP contribution in [-0.2, 0) is 0 Å². The van der Waals surface area contributed by atoms with E-state index in [0.29, 0.717) is 16.6 Å². The minimum atomic E-state index is -0.101. The molecule has 118 valence electrons. The molecule has 0 bridgehead atoms. The van der Waals surface area contributed by atoms with Gasteiger partial charge >= 0.3 is 0 Å². The zero-order valence-corrected chi connectivity index (χ0v) is 13.9. The minimum Gasteiger partial charge on any atom is -0.382 e. The SMILES string of the molecule is CCN1CCC(CNC(=O)c2sc(N(C)C)nc2N)CC1. The van der Waals surface area contributed by atoms with Crippen LogP contribution in [0.4, 0.5) is 10.9 Å². The van der Waals surface area contributed by atoms with Crippen LogP contribution >= 0.6 is 11.3 Å². The number of hydrogen-bond acceptors (Lipinski definition) is 6. The number of likely N-dealkylation sites (tertiary alicyclic amines) is 1. The van der Waals surface area contributed by atoms with Crippen molar-refractivity contribution < 1.29 is 4.79 Å². The first-order chi connectivity index (χ1) is 10.0. The maximum atomic E-state index is 12.2. The maximum absolute atomic E-state index is 12.2. The fourth-order valence-corrected chi connectivity index (χ4v) is 3.32. The topological polar surface area (TPSA) is 74.5 Å². The summed E-state index contributed by atoms with van der Waals surface area (Å²) in [5.41, 5.74) is 5.83. The minimum absolute atomic E-state index is 0.101. The van der Waals surface area contributed by atoms with Crippen molar-refractivity contribution in [3.8, 4) is 0 Å². The van der Waals surface area contributed by atoms with E-state index in [4.69, 9.17) is 5.73 Å². The largest absolute Gasteiger partial charge is 0.382 e. The molecule has 1 aliphatic rings. The van der Waals surface area contributed by atoms with Gasteiger partial charge < -0.3 is 20.9 Å². The van der Waals surface area contributed by atoms with Crippen LogP contribution in [0.3, 0.4) is 0 Å². The Labute approximate surface area is 130 Å². The lowest BCUT2D eigenvalue weighted by Crippen LogP contribution is -2.38. The molecule has 1 saturated heterocycles. The molecule has 0 saturated carbocycles. The van der Waals surface area contributed by atoms with Crippen molar-refractivity contribution in [1.29, 1.82) is 0 Å². The molecule has 2 rings (SSSR count). The number of nitrogen functional groups attached to an aromatic ring is 1. The summed E-state index contributed by atoms with van der Waals surface area (Å²) in [4.78, 5) is 21.2. The molecule has 1 amide bonds. The van der Waals surface area contributed by atoms with E-state index in [1.165, 1.54) is 11.3 Å². The highest BCUT2D eigenvalue weighted by atomic mass is 32.1. The Morgan fingerprint density at radius 2 is 2.14 bits per heavy atom. The normalized spacial score (nSPS) is 16.9. The predicted octanol–water partition coefficient (Wildman–Crippen LogP) is 1.25. The molecule has 0 atom stereocenters. The first kappa shape index (κ1) is 16.0. The number of aromatic nitrogens is 1. The highest BCUT2D eigenvalue weighted by Crippen LogP contribution is 2.26. The third kappa shape index (κ3) is 4.07. The second-order valence-corrected chi connectivity index (χ2v) is 6.67. The summed E-state index contributed by atoms with van der Waals surface area (Å²) in [5, 5.41) is 3.77.